The Morgan fingerprint density at radius 2 is 2.47 bits per heavy atom. The first kappa shape index (κ1) is 12.6. The molecule has 1 aliphatic rings. The van der Waals surface area contributed by atoms with Crippen molar-refractivity contribution in [3.8, 4) is 0 Å². The van der Waals surface area contributed by atoms with E-state index < -0.39 is 0 Å². The molecule has 0 spiro atoms. The average molecular weight is 261 g/mol. The van der Waals surface area contributed by atoms with Crippen LogP contribution in [0.2, 0.25) is 0 Å². The van der Waals surface area contributed by atoms with Crippen LogP contribution in [0.1, 0.15) is 31.2 Å². The van der Waals surface area contributed by atoms with E-state index in [0.717, 1.165) is 56.0 Å². The molecule has 0 saturated carbocycles. The number of methoxy groups -OCH3 is 1. The maximum absolute atomic E-state index is 5.77. The van der Waals surface area contributed by atoms with Crippen molar-refractivity contribution in [3.05, 3.63) is 24.2 Å². The maximum atomic E-state index is 5.77. The molecule has 1 aliphatic heterocycles. The lowest BCUT2D eigenvalue weighted by Crippen LogP contribution is -2.10. The highest BCUT2D eigenvalue weighted by Gasteiger charge is 2.24. The van der Waals surface area contributed by atoms with Gasteiger partial charge in [0.1, 0.15) is 17.4 Å². The molecule has 1 saturated heterocycles. The molecular formula is C14H19N3O2. The van der Waals surface area contributed by atoms with Gasteiger partial charge < -0.3 is 14.0 Å². The molecule has 2 aromatic heterocycles. The Morgan fingerprint density at radius 1 is 1.53 bits per heavy atom. The minimum Gasteiger partial charge on any atom is -0.385 e. The van der Waals surface area contributed by atoms with Crippen LogP contribution in [0.5, 0.6) is 0 Å². The van der Waals surface area contributed by atoms with Gasteiger partial charge in [-0.2, -0.15) is 0 Å². The third-order valence-corrected chi connectivity index (χ3v) is 3.48. The Labute approximate surface area is 112 Å². The smallest absolute Gasteiger partial charge is 0.160 e. The van der Waals surface area contributed by atoms with Gasteiger partial charge in [0, 0.05) is 33.1 Å². The normalized spacial score (nSPS) is 19.3. The van der Waals surface area contributed by atoms with Crippen molar-refractivity contribution in [1.29, 1.82) is 0 Å². The highest BCUT2D eigenvalue weighted by molar-refractivity contribution is 5.71. The zero-order valence-electron chi connectivity index (χ0n) is 11.2. The first-order valence-electron chi connectivity index (χ1n) is 6.82. The Bertz CT molecular complexity index is 547. The molecule has 5 nitrogen and oxygen atoms in total. The maximum Gasteiger partial charge on any atom is 0.160 e. The Balaban J connectivity index is 1.95. The van der Waals surface area contributed by atoms with Crippen LogP contribution in [0.15, 0.2) is 18.3 Å². The van der Waals surface area contributed by atoms with E-state index in [-0.39, 0.29) is 6.10 Å². The van der Waals surface area contributed by atoms with Crippen LogP contribution in [0, 0.1) is 0 Å². The zero-order chi connectivity index (χ0) is 13.1. The fraction of sp³-hybridized carbons (Fsp3) is 0.571. The molecule has 102 valence electrons. The lowest BCUT2D eigenvalue weighted by molar-refractivity contribution is 0.101. The Kier molecular flexibility index (Phi) is 3.75. The molecule has 0 N–H and O–H groups in total. The molecule has 1 fully saturated rings. The van der Waals surface area contributed by atoms with Gasteiger partial charge in [-0.25, -0.2) is 9.97 Å². The number of aryl methyl sites for hydroxylation is 1. The molecule has 1 unspecified atom stereocenters. The third-order valence-electron chi connectivity index (χ3n) is 3.48. The molecule has 0 radical (unpaired) electrons. The van der Waals surface area contributed by atoms with Crippen LogP contribution in [0.4, 0.5) is 0 Å². The molecule has 5 heteroatoms. The van der Waals surface area contributed by atoms with Crippen molar-refractivity contribution < 1.29 is 9.47 Å². The van der Waals surface area contributed by atoms with Gasteiger partial charge in [0.05, 0.1) is 0 Å². The van der Waals surface area contributed by atoms with E-state index in [4.69, 9.17) is 14.5 Å². The summed E-state index contributed by atoms with van der Waals surface area (Å²) in [6, 6.07) is 3.93. The number of hydrogen-bond acceptors (Lipinski definition) is 4. The van der Waals surface area contributed by atoms with Crippen LogP contribution >= 0.6 is 0 Å². The molecule has 3 heterocycles. The minimum absolute atomic E-state index is 0.122. The fourth-order valence-electron chi connectivity index (χ4n) is 2.59. The molecule has 0 bridgehead atoms. The number of aromatic nitrogens is 3. The summed E-state index contributed by atoms with van der Waals surface area (Å²) in [5, 5.41) is 0. The summed E-state index contributed by atoms with van der Waals surface area (Å²) in [5.74, 6) is 1.02. The highest BCUT2D eigenvalue weighted by Crippen LogP contribution is 2.30. The van der Waals surface area contributed by atoms with E-state index in [1.807, 2.05) is 18.3 Å². The average Bonchev–Trinajstić information content (AvgIpc) is 3.06. The van der Waals surface area contributed by atoms with Gasteiger partial charge in [-0.05, 0) is 31.4 Å². The SMILES string of the molecule is COCCCn1c(C2CCCO2)nc2cccnc21. The summed E-state index contributed by atoms with van der Waals surface area (Å²) in [6.07, 6.45) is 5.05. The summed E-state index contributed by atoms with van der Waals surface area (Å²) in [6.45, 7) is 2.45. The van der Waals surface area contributed by atoms with Gasteiger partial charge in [0.15, 0.2) is 5.65 Å². The van der Waals surface area contributed by atoms with Gasteiger partial charge in [0.2, 0.25) is 0 Å². The molecular weight excluding hydrogens is 242 g/mol. The van der Waals surface area contributed by atoms with Gasteiger partial charge in [-0.3, -0.25) is 0 Å². The quantitative estimate of drug-likeness (QED) is 0.775. The van der Waals surface area contributed by atoms with Crippen molar-refractivity contribution in [1.82, 2.24) is 14.5 Å². The van der Waals surface area contributed by atoms with Crippen LogP contribution < -0.4 is 0 Å². The van der Waals surface area contributed by atoms with Crippen molar-refractivity contribution >= 4 is 11.2 Å². The van der Waals surface area contributed by atoms with Crippen molar-refractivity contribution in [3.63, 3.8) is 0 Å². The number of nitrogens with zero attached hydrogens (tertiary/aromatic N) is 3. The van der Waals surface area contributed by atoms with E-state index >= 15 is 0 Å². The largest absolute Gasteiger partial charge is 0.385 e. The zero-order valence-corrected chi connectivity index (χ0v) is 11.2. The standard InChI is InChI=1S/C14H19N3O2/c1-18-9-4-8-17-13-11(5-2-7-15-13)16-14(17)12-6-3-10-19-12/h2,5,7,12H,3-4,6,8-10H2,1H3. The third kappa shape index (κ3) is 2.48. The van der Waals surface area contributed by atoms with Crippen LogP contribution in [-0.4, -0.2) is 34.9 Å². The van der Waals surface area contributed by atoms with E-state index in [1.165, 1.54) is 0 Å². The second kappa shape index (κ2) is 5.67. The van der Waals surface area contributed by atoms with Crippen LogP contribution in [-0.2, 0) is 16.0 Å². The molecule has 0 amide bonds. The summed E-state index contributed by atoms with van der Waals surface area (Å²) in [5.41, 5.74) is 1.90. The monoisotopic (exact) mass is 261 g/mol. The molecule has 0 aromatic carbocycles. The van der Waals surface area contributed by atoms with Gasteiger partial charge in [0.25, 0.3) is 0 Å². The van der Waals surface area contributed by atoms with E-state index in [0.29, 0.717) is 0 Å². The fourth-order valence-corrected chi connectivity index (χ4v) is 2.59. The Hall–Kier alpha value is -1.46. The molecule has 1 atom stereocenters. The number of pyridine rings is 1. The lowest BCUT2D eigenvalue weighted by atomic mass is 10.2. The summed E-state index contributed by atoms with van der Waals surface area (Å²) in [4.78, 5) is 9.16. The second-order valence-electron chi connectivity index (χ2n) is 4.82. The topological polar surface area (TPSA) is 49.2 Å². The predicted octanol–water partition coefficient (Wildman–Crippen LogP) is 2.32. The van der Waals surface area contributed by atoms with E-state index in [1.54, 1.807) is 7.11 Å². The van der Waals surface area contributed by atoms with Crippen LogP contribution in [0.3, 0.4) is 0 Å². The number of ether oxygens (including phenoxy) is 2. The van der Waals surface area contributed by atoms with Gasteiger partial charge in [-0.1, -0.05) is 0 Å². The predicted molar refractivity (Wildman–Crippen MR) is 71.9 cm³/mol. The number of fused-ring (bicyclic) bond motifs is 1. The van der Waals surface area contributed by atoms with Crippen LogP contribution in [0.25, 0.3) is 11.2 Å². The van der Waals surface area contributed by atoms with E-state index in [2.05, 4.69) is 9.55 Å². The van der Waals surface area contributed by atoms with Crippen molar-refractivity contribution in [2.24, 2.45) is 0 Å². The van der Waals surface area contributed by atoms with Crippen molar-refractivity contribution in [2.75, 3.05) is 20.3 Å². The first-order chi connectivity index (χ1) is 9.40. The molecule has 0 aliphatic carbocycles. The molecule has 19 heavy (non-hydrogen) atoms. The minimum atomic E-state index is 0.122. The molecule has 3 rings (SSSR count). The second-order valence-corrected chi connectivity index (χ2v) is 4.82. The summed E-state index contributed by atoms with van der Waals surface area (Å²) < 4.78 is 13.1. The number of imidazole rings is 1. The number of rotatable bonds is 5. The van der Waals surface area contributed by atoms with E-state index in [9.17, 15) is 0 Å². The first-order valence-corrected chi connectivity index (χ1v) is 6.82. The Morgan fingerprint density at radius 3 is 3.26 bits per heavy atom. The summed E-state index contributed by atoms with van der Waals surface area (Å²) in [7, 11) is 1.73. The van der Waals surface area contributed by atoms with Crippen molar-refractivity contribution in [2.45, 2.75) is 31.9 Å². The number of hydrogen-bond donors (Lipinski definition) is 0. The lowest BCUT2D eigenvalue weighted by Gasteiger charge is -2.12. The highest BCUT2D eigenvalue weighted by atomic mass is 16.5. The van der Waals surface area contributed by atoms with Gasteiger partial charge in [-0.15, -0.1) is 0 Å². The van der Waals surface area contributed by atoms with Gasteiger partial charge >= 0.3 is 0 Å². The molecule has 2 aromatic rings. The summed E-state index contributed by atoms with van der Waals surface area (Å²) >= 11 is 0.